The zero-order valence-electron chi connectivity index (χ0n) is 13.0. The maximum Gasteiger partial charge on any atom is 0.340 e. The summed E-state index contributed by atoms with van der Waals surface area (Å²) >= 11 is 0. The number of esters is 2. The Kier molecular flexibility index (Phi) is 9.60. The Hall–Kier alpha value is -2.12. The van der Waals surface area contributed by atoms with Crippen LogP contribution in [0.3, 0.4) is 0 Å². The molecule has 0 heterocycles. The minimum absolute atomic E-state index is 0. The van der Waals surface area contributed by atoms with E-state index in [-0.39, 0.29) is 25.6 Å². The Bertz CT molecular complexity index is 515. The van der Waals surface area contributed by atoms with Gasteiger partial charge in [-0.1, -0.05) is 12.1 Å². The fourth-order valence-electron chi connectivity index (χ4n) is 1.67. The Labute approximate surface area is 140 Å². The first-order valence-electron chi connectivity index (χ1n) is 6.96. The predicted molar refractivity (Wildman–Crippen MR) is 86.1 cm³/mol. The van der Waals surface area contributed by atoms with Gasteiger partial charge in [0, 0.05) is 12.1 Å². The summed E-state index contributed by atoms with van der Waals surface area (Å²) in [7, 11) is 0. The highest BCUT2D eigenvalue weighted by molar-refractivity contribution is 6.05. The Morgan fingerprint density at radius 3 is 1.91 bits per heavy atom. The van der Waals surface area contributed by atoms with Crippen molar-refractivity contribution in [3.63, 3.8) is 0 Å². The molecule has 128 valence electrons. The molecule has 0 aliphatic heterocycles. The summed E-state index contributed by atoms with van der Waals surface area (Å²) in [5.74, 6) is -2.28. The summed E-state index contributed by atoms with van der Waals surface area (Å²) < 4.78 is 9.55. The van der Waals surface area contributed by atoms with Gasteiger partial charge in [-0.25, -0.2) is 9.59 Å². The van der Waals surface area contributed by atoms with Crippen LogP contribution in [0.2, 0.25) is 0 Å². The summed E-state index contributed by atoms with van der Waals surface area (Å²) in [5.41, 5.74) is 6.65. The quantitative estimate of drug-likeness (QED) is 0.559. The van der Waals surface area contributed by atoms with Gasteiger partial charge < -0.3 is 20.5 Å². The normalized spacial score (nSPS) is 9.74. The van der Waals surface area contributed by atoms with Crippen molar-refractivity contribution in [2.45, 2.75) is 26.4 Å². The van der Waals surface area contributed by atoms with Gasteiger partial charge in [0.25, 0.3) is 5.91 Å². The van der Waals surface area contributed by atoms with Crippen LogP contribution >= 0.6 is 12.4 Å². The van der Waals surface area contributed by atoms with Crippen molar-refractivity contribution in [2.75, 3.05) is 13.2 Å². The number of rotatable bonds is 7. The number of hydrogen-bond donors (Lipinski definition) is 2. The van der Waals surface area contributed by atoms with E-state index in [9.17, 15) is 14.4 Å². The summed E-state index contributed by atoms with van der Waals surface area (Å²) in [4.78, 5) is 35.7. The topological polar surface area (TPSA) is 108 Å². The first kappa shape index (κ1) is 20.9. The zero-order chi connectivity index (χ0) is 16.5. The lowest BCUT2D eigenvalue weighted by atomic mass is 10.1. The van der Waals surface area contributed by atoms with Gasteiger partial charge in [0.1, 0.15) is 0 Å². The Balaban J connectivity index is 0.00000484. The molecule has 0 spiro atoms. The molecule has 1 rings (SSSR count). The second-order valence-corrected chi connectivity index (χ2v) is 4.31. The van der Waals surface area contributed by atoms with Crippen molar-refractivity contribution < 1.29 is 23.9 Å². The first-order valence-corrected chi connectivity index (χ1v) is 6.96. The fraction of sp³-hybridized carbons (Fsp3) is 0.400. The first-order chi connectivity index (χ1) is 10.5. The summed E-state index contributed by atoms with van der Waals surface area (Å²) in [5, 5.41) is 2.32. The molecule has 1 amide bonds. The van der Waals surface area contributed by atoms with Crippen molar-refractivity contribution in [2.24, 2.45) is 5.73 Å². The minimum atomic E-state index is -1.48. The third-order valence-corrected chi connectivity index (χ3v) is 2.77. The number of nitrogens with one attached hydrogen (secondary N) is 1. The lowest BCUT2D eigenvalue weighted by molar-refractivity contribution is -0.157. The lowest BCUT2D eigenvalue weighted by Gasteiger charge is -2.16. The third-order valence-electron chi connectivity index (χ3n) is 2.77. The van der Waals surface area contributed by atoms with Crippen molar-refractivity contribution in [1.82, 2.24) is 5.32 Å². The van der Waals surface area contributed by atoms with Crippen molar-refractivity contribution in [3.05, 3.63) is 35.4 Å². The van der Waals surface area contributed by atoms with Gasteiger partial charge in [-0.3, -0.25) is 4.79 Å². The molecule has 0 bridgehead atoms. The number of carbonyl (C=O) groups is 3. The number of ether oxygens (including phenoxy) is 2. The predicted octanol–water partition coefficient (Wildman–Crippen LogP) is 0.792. The van der Waals surface area contributed by atoms with Gasteiger partial charge in [-0.15, -0.1) is 12.4 Å². The molecule has 0 radical (unpaired) electrons. The van der Waals surface area contributed by atoms with E-state index >= 15 is 0 Å². The molecule has 8 heteroatoms. The van der Waals surface area contributed by atoms with Crippen LogP contribution in [0.25, 0.3) is 0 Å². The van der Waals surface area contributed by atoms with E-state index in [0.717, 1.165) is 5.56 Å². The van der Waals surface area contributed by atoms with Crippen LogP contribution in [0.15, 0.2) is 24.3 Å². The largest absolute Gasteiger partial charge is 0.464 e. The van der Waals surface area contributed by atoms with Crippen LogP contribution in [0.5, 0.6) is 0 Å². The molecule has 1 aromatic carbocycles. The van der Waals surface area contributed by atoms with Gasteiger partial charge in [-0.2, -0.15) is 0 Å². The smallest absolute Gasteiger partial charge is 0.340 e. The number of halogens is 1. The van der Waals surface area contributed by atoms with E-state index in [2.05, 4.69) is 5.32 Å². The Morgan fingerprint density at radius 1 is 1.04 bits per heavy atom. The molecule has 1 aromatic rings. The number of hydrogen-bond acceptors (Lipinski definition) is 6. The standard InChI is InChI=1S/C15H20N2O5.ClH/c1-3-21-14(19)12(15(20)22-4-2)17-13(18)11-7-5-10(9-16)6-8-11;/h5-8,12H,3-4,9,16H2,1-2H3,(H,17,18);1H. The van der Waals surface area contributed by atoms with Crippen LogP contribution in [0.1, 0.15) is 29.8 Å². The molecule has 0 unspecified atom stereocenters. The monoisotopic (exact) mass is 344 g/mol. The van der Waals surface area contributed by atoms with E-state index in [4.69, 9.17) is 15.2 Å². The molecule has 3 N–H and O–H groups in total. The molecule has 0 aliphatic carbocycles. The highest BCUT2D eigenvalue weighted by Crippen LogP contribution is 2.05. The third kappa shape index (κ3) is 6.25. The number of nitrogens with two attached hydrogens (primary N) is 1. The summed E-state index contributed by atoms with van der Waals surface area (Å²) in [6.07, 6.45) is 0. The van der Waals surface area contributed by atoms with E-state index in [1.807, 2.05) is 0 Å². The van der Waals surface area contributed by atoms with E-state index in [1.165, 1.54) is 0 Å². The second-order valence-electron chi connectivity index (χ2n) is 4.31. The van der Waals surface area contributed by atoms with Crippen molar-refractivity contribution in [3.8, 4) is 0 Å². The molecule has 23 heavy (non-hydrogen) atoms. The second kappa shape index (κ2) is 10.6. The maximum atomic E-state index is 12.1. The van der Waals surface area contributed by atoms with Crippen LogP contribution in [-0.4, -0.2) is 37.1 Å². The van der Waals surface area contributed by atoms with Crippen molar-refractivity contribution >= 4 is 30.3 Å². The maximum absolute atomic E-state index is 12.1. The minimum Gasteiger partial charge on any atom is -0.464 e. The molecule has 0 aliphatic rings. The van der Waals surface area contributed by atoms with Crippen LogP contribution < -0.4 is 11.1 Å². The highest BCUT2D eigenvalue weighted by Gasteiger charge is 2.31. The van der Waals surface area contributed by atoms with Gasteiger partial charge in [-0.05, 0) is 31.5 Å². The molecule has 0 fully saturated rings. The van der Waals surface area contributed by atoms with E-state index < -0.39 is 23.9 Å². The van der Waals surface area contributed by atoms with Gasteiger partial charge in [0.2, 0.25) is 6.04 Å². The van der Waals surface area contributed by atoms with Gasteiger partial charge in [0.05, 0.1) is 13.2 Å². The molecular formula is C15H21ClN2O5. The number of benzene rings is 1. The molecule has 0 saturated heterocycles. The number of amides is 1. The van der Waals surface area contributed by atoms with Gasteiger partial charge in [0.15, 0.2) is 0 Å². The molecule has 0 saturated carbocycles. The molecular weight excluding hydrogens is 324 g/mol. The summed E-state index contributed by atoms with van der Waals surface area (Å²) in [6.45, 7) is 3.75. The lowest BCUT2D eigenvalue weighted by Crippen LogP contribution is -2.48. The van der Waals surface area contributed by atoms with Crippen LogP contribution in [-0.2, 0) is 25.6 Å². The molecule has 0 aromatic heterocycles. The SMILES string of the molecule is CCOC(=O)C(NC(=O)c1ccc(CN)cc1)C(=O)OCC.Cl. The molecule has 7 nitrogen and oxygen atoms in total. The Morgan fingerprint density at radius 2 is 1.52 bits per heavy atom. The van der Waals surface area contributed by atoms with E-state index in [1.54, 1.807) is 38.1 Å². The molecule has 0 atom stereocenters. The zero-order valence-corrected chi connectivity index (χ0v) is 13.9. The van der Waals surface area contributed by atoms with Crippen molar-refractivity contribution in [1.29, 1.82) is 0 Å². The highest BCUT2D eigenvalue weighted by atomic mass is 35.5. The number of carbonyl (C=O) groups excluding carboxylic acids is 3. The van der Waals surface area contributed by atoms with Crippen LogP contribution in [0.4, 0.5) is 0 Å². The average Bonchev–Trinajstić information content (AvgIpc) is 2.52. The fourth-order valence-corrected chi connectivity index (χ4v) is 1.67. The average molecular weight is 345 g/mol. The summed E-state index contributed by atoms with van der Waals surface area (Å²) in [6, 6.07) is 5.02. The van der Waals surface area contributed by atoms with Crippen LogP contribution in [0, 0.1) is 0 Å². The van der Waals surface area contributed by atoms with Gasteiger partial charge >= 0.3 is 11.9 Å². The van der Waals surface area contributed by atoms with E-state index in [0.29, 0.717) is 12.1 Å².